The second-order valence-electron chi connectivity index (χ2n) is 5.09. The summed E-state index contributed by atoms with van der Waals surface area (Å²) in [5.41, 5.74) is 1.83. The summed E-state index contributed by atoms with van der Waals surface area (Å²) in [6, 6.07) is 6.72. The van der Waals surface area contributed by atoms with Crippen molar-refractivity contribution in [2.75, 3.05) is 11.4 Å². The van der Waals surface area contributed by atoms with Gasteiger partial charge in [0.1, 0.15) is 11.3 Å². The highest BCUT2D eigenvalue weighted by atomic mass is 35.5. The lowest BCUT2D eigenvalue weighted by Gasteiger charge is -2.15. The Kier molecular flexibility index (Phi) is 3.66. The monoisotopic (exact) mass is 319 g/mol. The molecule has 0 bridgehead atoms. The molecule has 1 amide bonds. The highest BCUT2D eigenvalue weighted by Crippen LogP contribution is 2.32. The topological polar surface area (TPSA) is 70.8 Å². The third-order valence-corrected chi connectivity index (χ3v) is 3.99. The van der Waals surface area contributed by atoms with Crippen LogP contribution in [0.3, 0.4) is 0 Å². The first kappa shape index (κ1) is 14.7. The molecule has 0 unspecified atom stereocenters. The molecule has 1 aliphatic rings. The van der Waals surface area contributed by atoms with Crippen molar-refractivity contribution in [1.82, 2.24) is 0 Å². The molecule has 1 aromatic heterocycles. The molecule has 0 saturated carbocycles. The molecule has 2 heterocycles. The normalized spacial score (nSPS) is 13.3. The number of aromatic carboxylic acids is 1. The van der Waals surface area contributed by atoms with Gasteiger partial charge in [0.2, 0.25) is 0 Å². The molecule has 0 aliphatic carbocycles. The van der Waals surface area contributed by atoms with Crippen molar-refractivity contribution in [2.45, 2.75) is 19.8 Å². The Labute approximate surface area is 132 Å². The van der Waals surface area contributed by atoms with Crippen LogP contribution in [0.4, 0.5) is 5.69 Å². The fourth-order valence-corrected chi connectivity index (χ4v) is 2.84. The highest BCUT2D eigenvalue weighted by Gasteiger charge is 2.29. The van der Waals surface area contributed by atoms with Crippen LogP contribution in [0.1, 0.15) is 39.2 Å². The molecule has 3 rings (SSSR count). The molecule has 1 aromatic carbocycles. The second kappa shape index (κ2) is 5.50. The van der Waals surface area contributed by atoms with E-state index in [0.29, 0.717) is 23.7 Å². The van der Waals surface area contributed by atoms with Crippen molar-refractivity contribution in [3.05, 3.63) is 51.9 Å². The van der Waals surface area contributed by atoms with Gasteiger partial charge in [-0.05, 0) is 24.1 Å². The van der Waals surface area contributed by atoms with Gasteiger partial charge in [-0.25, -0.2) is 4.79 Å². The largest absolute Gasteiger partial charge is 0.478 e. The predicted molar refractivity (Wildman–Crippen MR) is 81.9 cm³/mol. The lowest BCUT2D eigenvalue weighted by molar-refractivity contribution is 0.0694. The summed E-state index contributed by atoms with van der Waals surface area (Å²) in [4.78, 5) is 25.4. The molecule has 0 saturated heterocycles. The summed E-state index contributed by atoms with van der Waals surface area (Å²) in [6.45, 7) is 2.31. The quantitative estimate of drug-likeness (QED) is 0.941. The van der Waals surface area contributed by atoms with E-state index in [4.69, 9.17) is 21.1 Å². The van der Waals surface area contributed by atoms with Gasteiger partial charge < -0.3 is 14.4 Å². The Balaban J connectivity index is 1.97. The van der Waals surface area contributed by atoms with E-state index in [1.807, 2.05) is 6.07 Å². The third kappa shape index (κ3) is 2.37. The van der Waals surface area contributed by atoms with E-state index >= 15 is 0 Å². The number of carbonyl (C=O) groups excluding carboxylic acids is 1. The number of carboxylic acids is 1. The SMILES string of the molecule is CCc1oc(C(=O)N2CCc3ccc(Cl)cc32)cc1C(=O)O. The van der Waals surface area contributed by atoms with Crippen LogP contribution in [0.15, 0.2) is 28.7 Å². The number of aryl methyl sites for hydroxylation is 1. The van der Waals surface area contributed by atoms with Crippen LogP contribution in [0, 0.1) is 0 Å². The first-order valence-corrected chi connectivity index (χ1v) is 7.35. The van der Waals surface area contributed by atoms with Crippen LogP contribution in [-0.4, -0.2) is 23.5 Å². The van der Waals surface area contributed by atoms with Gasteiger partial charge in [-0.3, -0.25) is 4.79 Å². The highest BCUT2D eigenvalue weighted by molar-refractivity contribution is 6.31. The van der Waals surface area contributed by atoms with Crippen LogP contribution < -0.4 is 4.90 Å². The summed E-state index contributed by atoms with van der Waals surface area (Å²) < 4.78 is 5.44. The standard InChI is InChI=1S/C16H14ClNO4/c1-2-13-11(16(20)21)8-14(22-13)15(19)18-6-5-9-3-4-10(17)7-12(9)18/h3-4,7-8H,2,5-6H2,1H3,(H,20,21). The number of halogens is 1. The average molecular weight is 320 g/mol. The van der Waals surface area contributed by atoms with E-state index in [0.717, 1.165) is 17.7 Å². The van der Waals surface area contributed by atoms with Crippen molar-refractivity contribution in [1.29, 1.82) is 0 Å². The minimum atomic E-state index is -1.09. The van der Waals surface area contributed by atoms with Gasteiger partial charge in [0.05, 0.1) is 0 Å². The summed E-state index contributed by atoms with van der Waals surface area (Å²) in [5, 5.41) is 9.70. The van der Waals surface area contributed by atoms with Crippen LogP contribution in [0.5, 0.6) is 0 Å². The van der Waals surface area contributed by atoms with Crippen LogP contribution >= 0.6 is 11.6 Å². The van der Waals surface area contributed by atoms with Gasteiger partial charge in [-0.2, -0.15) is 0 Å². The van der Waals surface area contributed by atoms with E-state index in [1.165, 1.54) is 6.07 Å². The Morgan fingerprint density at radius 2 is 2.14 bits per heavy atom. The average Bonchev–Trinajstić information content (AvgIpc) is 3.10. The molecule has 0 fully saturated rings. The zero-order valence-corrected chi connectivity index (χ0v) is 12.7. The maximum atomic E-state index is 12.6. The Morgan fingerprint density at radius 1 is 1.36 bits per heavy atom. The van der Waals surface area contributed by atoms with Gasteiger partial charge in [-0.15, -0.1) is 0 Å². The number of hydrogen-bond donors (Lipinski definition) is 1. The van der Waals surface area contributed by atoms with Gasteiger partial charge >= 0.3 is 5.97 Å². The number of carbonyl (C=O) groups is 2. The van der Waals surface area contributed by atoms with Crippen molar-refractivity contribution in [3.63, 3.8) is 0 Å². The number of benzene rings is 1. The molecule has 2 aromatic rings. The number of nitrogens with zero attached hydrogens (tertiary/aromatic N) is 1. The smallest absolute Gasteiger partial charge is 0.339 e. The Hall–Kier alpha value is -2.27. The van der Waals surface area contributed by atoms with Gasteiger partial charge in [-0.1, -0.05) is 24.6 Å². The molecule has 22 heavy (non-hydrogen) atoms. The number of fused-ring (bicyclic) bond motifs is 1. The van der Waals surface area contributed by atoms with Crippen molar-refractivity contribution in [2.24, 2.45) is 0 Å². The summed E-state index contributed by atoms with van der Waals surface area (Å²) in [7, 11) is 0. The van der Waals surface area contributed by atoms with Crippen LogP contribution in [0.25, 0.3) is 0 Å². The van der Waals surface area contributed by atoms with Crippen molar-refractivity contribution >= 4 is 29.2 Å². The third-order valence-electron chi connectivity index (χ3n) is 3.76. The molecular weight excluding hydrogens is 306 g/mol. The minimum absolute atomic E-state index is 0.0383. The molecule has 5 nitrogen and oxygen atoms in total. The first-order valence-electron chi connectivity index (χ1n) is 6.97. The summed E-state index contributed by atoms with van der Waals surface area (Å²) in [5.74, 6) is -1.09. The van der Waals surface area contributed by atoms with E-state index in [-0.39, 0.29) is 17.2 Å². The van der Waals surface area contributed by atoms with E-state index in [2.05, 4.69) is 0 Å². The molecule has 1 N–H and O–H groups in total. The number of rotatable bonds is 3. The second-order valence-corrected chi connectivity index (χ2v) is 5.52. The molecular formula is C16H14ClNO4. The maximum absolute atomic E-state index is 12.6. The van der Waals surface area contributed by atoms with Crippen molar-refractivity contribution in [3.8, 4) is 0 Å². The number of carboxylic acid groups (broad SMARTS) is 1. The molecule has 0 spiro atoms. The zero-order chi connectivity index (χ0) is 15.9. The van der Waals surface area contributed by atoms with E-state index < -0.39 is 5.97 Å². The molecule has 1 aliphatic heterocycles. The Bertz CT molecular complexity index is 766. The van der Waals surface area contributed by atoms with Gasteiger partial charge in [0.25, 0.3) is 5.91 Å². The molecule has 6 heteroatoms. The lowest BCUT2D eigenvalue weighted by Crippen LogP contribution is -2.28. The Morgan fingerprint density at radius 3 is 2.77 bits per heavy atom. The van der Waals surface area contributed by atoms with Crippen molar-refractivity contribution < 1.29 is 19.1 Å². The van der Waals surface area contributed by atoms with Gasteiger partial charge in [0.15, 0.2) is 5.76 Å². The predicted octanol–water partition coefficient (Wildman–Crippen LogP) is 3.40. The van der Waals surface area contributed by atoms with Crippen LogP contribution in [0.2, 0.25) is 5.02 Å². The summed E-state index contributed by atoms with van der Waals surface area (Å²) in [6.07, 6.45) is 1.16. The number of hydrogen-bond acceptors (Lipinski definition) is 3. The number of anilines is 1. The van der Waals surface area contributed by atoms with Gasteiger partial charge in [0, 0.05) is 29.7 Å². The molecule has 0 atom stereocenters. The fourth-order valence-electron chi connectivity index (χ4n) is 2.67. The molecule has 114 valence electrons. The summed E-state index contributed by atoms with van der Waals surface area (Å²) >= 11 is 5.99. The first-order chi connectivity index (χ1) is 10.5. The lowest BCUT2D eigenvalue weighted by atomic mass is 10.2. The molecule has 0 radical (unpaired) electrons. The minimum Gasteiger partial charge on any atom is -0.478 e. The number of amides is 1. The van der Waals surface area contributed by atoms with Crippen LogP contribution in [-0.2, 0) is 12.8 Å². The fraction of sp³-hybridized carbons (Fsp3) is 0.250. The number of furan rings is 1. The zero-order valence-electron chi connectivity index (χ0n) is 11.9. The van der Waals surface area contributed by atoms with E-state index in [1.54, 1.807) is 24.0 Å². The maximum Gasteiger partial charge on any atom is 0.339 e. The van der Waals surface area contributed by atoms with E-state index in [9.17, 15) is 9.59 Å².